The summed E-state index contributed by atoms with van der Waals surface area (Å²) >= 11 is 0. The summed E-state index contributed by atoms with van der Waals surface area (Å²) in [6.45, 7) is 4.26. The van der Waals surface area contributed by atoms with Crippen molar-refractivity contribution >= 4 is 0 Å². The van der Waals surface area contributed by atoms with Gasteiger partial charge in [0.15, 0.2) is 0 Å². The summed E-state index contributed by atoms with van der Waals surface area (Å²) in [6.07, 6.45) is 1.32. The molecule has 2 nitrogen and oxygen atoms in total. The minimum atomic E-state index is -0.718. The average Bonchev–Trinajstić information content (AvgIpc) is 2.70. The van der Waals surface area contributed by atoms with Crippen molar-refractivity contribution in [2.75, 3.05) is 0 Å². The van der Waals surface area contributed by atoms with E-state index >= 15 is 0 Å². The van der Waals surface area contributed by atoms with E-state index in [1.165, 1.54) is 11.1 Å². The van der Waals surface area contributed by atoms with E-state index in [2.05, 4.69) is 62.4 Å². The third kappa shape index (κ3) is 1.52. The largest absolute Gasteiger partial charge is 0.339 e. The van der Waals surface area contributed by atoms with Crippen LogP contribution in [0.15, 0.2) is 48.5 Å². The van der Waals surface area contributed by atoms with Gasteiger partial charge in [-0.2, -0.15) is 0 Å². The molecule has 0 saturated carbocycles. The number of hydrogen-bond donors (Lipinski definition) is 0. The molecule has 0 amide bonds. The van der Waals surface area contributed by atoms with Crippen LogP contribution >= 0.6 is 0 Å². The van der Waals surface area contributed by atoms with Gasteiger partial charge in [-0.1, -0.05) is 48.5 Å². The minimum Gasteiger partial charge on any atom is -0.339 e. The Morgan fingerprint density at radius 1 is 0.800 bits per heavy atom. The maximum atomic E-state index is 6.34. The van der Waals surface area contributed by atoms with E-state index in [9.17, 15) is 0 Å². The molecule has 0 unspecified atom stereocenters. The Balaban J connectivity index is 1.99. The Hall–Kier alpha value is -1.64. The van der Waals surface area contributed by atoms with E-state index in [4.69, 9.17) is 9.47 Å². The second kappa shape index (κ2) is 4.18. The van der Waals surface area contributed by atoms with Crippen molar-refractivity contribution in [2.24, 2.45) is 0 Å². The summed E-state index contributed by atoms with van der Waals surface area (Å²) in [7, 11) is 0. The first kappa shape index (κ1) is 12.1. The van der Waals surface area contributed by atoms with Gasteiger partial charge in [-0.3, -0.25) is 0 Å². The van der Waals surface area contributed by atoms with Crippen LogP contribution in [-0.4, -0.2) is 12.2 Å². The van der Waals surface area contributed by atoms with Gasteiger partial charge < -0.3 is 9.47 Å². The van der Waals surface area contributed by atoms with Gasteiger partial charge in [-0.25, -0.2) is 0 Å². The van der Waals surface area contributed by atoms with Crippen molar-refractivity contribution in [3.05, 3.63) is 59.7 Å². The molecule has 1 fully saturated rings. The Morgan fingerprint density at radius 3 is 1.75 bits per heavy atom. The summed E-state index contributed by atoms with van der Waals surface area (Å²) < 4.78 is 12.7. The smallest absolute Gasteiger partial charge is 0.224 e. The van der Waals surface area contributed by atoms with Crippen molar-refractivity contribution in [1.29, 1.82) is 0 Å². The Morgan fingerprint density at radius 2 is 1.25 bits per heavy atom. The second-order valence-electron chi connectivity index (χ2n) is 5.80. The molecule has 1 saturated heterocycles. The molecule has 0 bridgehead atoms. The molecule has 1 aliphatic heterocycles. The first-order valence-electron chi connectivity index (χ1n) is 7.26. The Kier molecular flexibility index (Phi) is 2.53. The fourth-order valence-corrected chi connectivity index (χ4v) is 3.57. The summed E-state index contributed by atoms with van der Waals surface area (Å²) in [4.78, 5) is 0. The lowest BCUT2D eigenvalue weighted by Gasteiger charge is -2.42. The summed E-state index contributed by atoms with van der Waals surface area (Å²) in [5.74, 6) is -0.718. The summed E-state index contributed by atoms with van der Waals surface area (Å²) in [5, 5.41) is 0. The molecule has 1 aliphatic carbocycles. The molecule has 2 aromatic carbocycles. The van der Waals surface area contributed by atoms with Gasteiger partial charge in [0, 0.05) is 11.1 Å². The van der Waals surface area contributed by atoms with Crippen LogP contribution in [0.25, 0.3) is 11.1 Å². The van der Waals surface area contributed by atoms with Gasteiger partial charge >= 0.3 is 0 Å². The van der Waals surface area contributed by atoms with Crippen molar-refractivity contribution in [2.45, 2.75) is 38.3 Å². The lowest BCUT2D eigenvalue weighted by Crippen LogP contribution is -2.44. The first-order valence-corrected chi connectivity index (χ1v) is 7.26. The lowest BCUT2D eigenvalue weighted by atomic mass is 10.00. The minimum absolute atomic E-state index is 0.193. The van der Waals surface area contributed by atoms with Gasteiger partial charge in [-0.05, 0) is 31.4 Å². The molecule has 0 aromatic heterocycles. The second-order valence-corrected chi connectivity index (χ2v) is 5.80. The highest BCUT2D eigenvalue weighted by Gasteiger charge is 2.49. The van der Waals surface area contributed by atoms with Crippen LogP contribution in [0, 0.1) is 0 Å². The van der Waals surface area contributed by atoms with Gasteiger partial charge in [0.05, 0.1) is 12.2 Å². The van der Waals surface area contributed by atoms with Crippen molar-refractivity contribution in [3.63, 3.8) is 0 Å². The fourth-order valence-electron chi connectivity index (χ4n) is 3.57. The first-order chi connectivity index (χ1) is 9.71. The van der Waals surface area contributed by atoms with Crippen LogP contribution in [0.4, 0.5) is 0 Å². The number of hydrogen-bond acceptors (Lipinski definition) is 2. The third-order valence-corrected chi connectivity index (χ3v) is 4.25. The molecule has 2 heteroatoms. The molecule has 0 radical (unpaired) electrons. The number of ether oxygens (including phenoxy) is 2. The lowest BCUT2D eigenvalue weighted by molar-refractivity contribution is -0.295. The third-order valence-electron chi connectivity index (χ3n) is 4.25. The van der Waals surface area contributed by atoms with Gasteiger partial charge in [0.25, 0.3) is 0 Å². The zero-order valence-electron chi connectivity index (χ0n) is 11.8. The quantitative estimate of drug-likeness (QED) is 0.715. The molecular weight excluding hydrogens is 248 g/mol. The van der Waals surface area contributed by atoms with E-state index in [1.807, 2.05) is 0 Å². The van der Waals surface area contributed by atoms with Crippen LogP contribution in [-0.2, 0) is 15.3 Å². The molecule has 2 aromatic rings. The molecule has 20 heavy (non-hydrogen) atoms. The zero-order chi connectivity index (χ0) is 13.7. The highest BCUT2D eigenvalue weighted by Crippen LogP contribution is 2.52. The summed E-state index contributed by atoms with van der Waals surface area (Å²) in [6, 6.07) is 16.8. The van der Waals surface area contributed by atoms with E-state index in [0.717, 1.165) is 17.5 Å². The zero-order valence-corrected chi connectivity index (χ0v) is 11.8. The van der Waals surface area contributed by atoms with Crippen LogP contribution in [0.3, 0.4) is 0 Å². The number of rotatable bonds is 0. The summed E-state index contributed by atoms with van der Waals surface area (Å²) in [5.41, 5.74) is 4.73. The molecule has 2 aliphatic rings. The Labute approximate surface area is 119 Å². The highest BCUT2D eigenvalue weighted by atomic mass is 16.7. The molecule has 0 N–H and O–H groups in total. The highest BCUT2D eigenvalue weighted by molar-refractivity contribution is 5.79. The fraction of sp³-hybridized carbons (Fsp3) is 0.333. The van der Waals surface area contributed by atoms with E-state index in [1.54, 1.807) is 0 Å². The van der Waals surface area contributed by atoms with Crippen LogP contribution < -0.4 is 0 Å². The topological polar surface area (TPSA) is 18.5 Å². The van der Waals surface area contributed by atoms with E-state index in [0.29, 0.717) is 0 Å². The maximum Gasteiger partial charge on any atom is 0.224 e. The van der Waals surface area contributed by atoms with Gasteiger partial charge in [0.2, 0.25) is 5.79 Å². The molecule has 1 heterocycles. The van der Waals surface area contributed by atoms with Crippen LogP contribution in [0.2, 0.25) is 0 Å². The molecule has 1 spiro atoms. The molecule has 4 rings (SSSR count). The monoisotopic (exact) mass is 266 g/mol. The average molecular weight is 266 g/mol. The Bertz CT molecular complexity index is 604. The maximum absolute atomic E-state index is 6.34. The van der Waals surface area contributed by atoms with Gasteiger partial charge in [-0.15, -0.1) is 0 Å². The molecular formula is C18H18O2. The predicted octanol–water partition coefficient (Wildman–Crippen LogP) is 4.08. The van der Waals surface area contributed by atoms with Crippen molar-refractivity contribution in [3.8, 4) is 11.1 Å². The van der Waals surface area contributed by atoms with Crippen LogP contribution in [0.1, 0.15) is 31.4 Å². The van der Waals surface area contributed by atoms with Crippen LogP contribution in [0.5, 0.6) is 0 Å². The standard InChI is InChI=1S/C18H18O2/c1-12-11-13(2)20-18(19-12)16-9-5-3-7-14(16)15-8-4-6-10-17(15)18/h3-10,12-13H,11H2,1-2H3/t12-,13-/m1/s1. The molecule has 2 atom stereocenters. The van der Waals surface area contributed by atoms with Crippen molar-refractivity contribution in [1.82, 2.24) is 0 Å². The SMILES string of the molecule is C[C@@H]1C[C@@H](C)OC2(O1)c1ccccc1-c1ccccc12. The number of benzene rings is 2. The van der Waals surface area contributed by atoms with Crippen molar-refractivity contribution < 1.29 is 9.47 Å². The van der Waals surface area contributed by atoms with E-state index in [-0.39, 0.29) is 12.2 Å². The van der Waals surface area contributed by atoms with E-state index < -0.39 is 5.79 Å². The number of fused-ring (bicyclic) bond motifs is 5. The molecule has 102 valence electrons. The predicted molar refractivity (Wildman–Crippen MR) is 78.4 cm³/mol. The normalized spacial score (nSPS) is 26.3. The van der Waals surface area contributed by atoms with Gasteiger partial charge in [0.1, 0.15) is 0 Å².